The molecule has 2 nitrogen and oxygen atoms in total. The summed E-state index contributed by atoms with van der Waals surface area (Å²) in [4.78, 5) is 11.8. The second-order valence-electron chi connectivity index (χ2n) is 7.64. The standard InChI is InChI=1S/C24H40O2/c1-3-4-5-6-7-8-9-10-11-12-13-14-15-19-24(25)26-21-23-18-16-17-22(2)20-23/h16-18,20H,3-15,19,21H2,1-2H3. The third-order valence-corrected chi connectivity index (χ3v) is 4.97. The number of unbranched alkanes of at least 4 members (excludes halogenated alkanes) is 12. The monoisotopic (exact) mass is 360 g/mol. The summed E-state index contributed by atoms with van der Waals surface area (Å²) in [6.07, 6.45) is 17.8. The lowest BCUT2D eigenvalue weighted by atomic mass is 10.0. The highest BCUT2D eigenvalue weighted by Crippen LogP contribution is 2.13. The molecule has 0 spiro atoms. The molecule has 0 unspecified atom stereocenters. The van der Waals surface area contributed by atoms with Crippen LogP contribution < -0.4 is 0 Å². The maximum absolute atomic E-state index is 11.8. The Morgan fingerprint density at radius 1 is 0.808 bits per heavy atom. The molecule has 0 aromatic heterocycles. The first kappa shape index (κ1) is 22.7. The Bertz CT molecular complexity index is 467. The van der Waals surface area contributed by atoms with Gasteiger partial charge in [-0.25, -0.2) is 0 Å². The number of rotatable bonds is 16. The Hall–Kier alpha value is -1.31. The van der Waals surface area contributed by atoms with Gasteiger partial charge in [0.15, 0.2) is 0 Å². The van der Waals surface area contributed by atoms with Crippen LogP contribution in [0, 0.1) is 6.92 Å². The minimum atomic E-state index is -0.0606. The van der Waals surface area contributed by atoms with Gasteiger partial charge in [0.05, 0.1) is 0 Å². The third kappa shape index (κ3) is 13.0. The first-order valence-corrected chi connectivity index (χ1v) is 10.9. The van der Waals surface area contributed by atoms with Gasteiger partial charge in [0.1, 0.15) is 6.61 Å². The molecule has 0 heterocycles. The van der Waals surface area contributed by atoms with Crippen LogP contribution in [0.25, 0.3) is 0 Å². The highest BCUT2D eigenvalue weighted by molar-refractivity contribution is 5.69. The van der Waals surface area contributed by atoms with Gasteiger partial charge in [-0.05, 0) is 18.9 Å². The zero-order valence-corrected chi connectivity index (χ0v) is 17.2. The van der Waals surface area contributed by atoms with Gasteiger partial charge in [-0.2, -0.15) is 0 Å². The van der Waals surface area contributed by atoms with E-state index in [0.717, 1.165) is 18.4 Å². The van der Waals surface area contributed by atoms with Crippen LogP contribution in [0.2, 0.25) is 0 Å². The van der Waals surface area contributed by atoms with E-state index in [1.165, 1.54) is 76.2 Å². The Balaban J connectivity index is 1.84. The minimum Gasteiger partial charge on any atom is -0.461 e. The van der Waals surface area contributed by atoms with Gasteiger partial charge in [0, 0.05) is 6.42 Å². The molecule has 0 bridgehead atoms. The van der Waals surface area contributed by atoms with E-state index in [1.54, 1.807) is 0 Å². The molecular formula is C24H40O2. The Morgan fingerprint density at radius 2 is 1.35 bits per heavy atom. The van der Waals surface area contributed by atoms with Gasteiger partial charge in [-0.3, -0.25) is 4.79 Å². The van der Waals surface area contributed by atoms with Gasteiger partial charge in [-0.15, -0.1) is 0 Å². The molecule has 0 N–H and O–H groups in total. The Labute approximate surface area is 161 Å². The molecule has 0 atom stereocenters. The van der Waals surface area contributed by atoms with Gasteiger partial charge < -0.3 is 4.74 Å². The van der Waals surface area contributed by atoms with Gasteiger partial charge in [0.25, 0.3) is 0 Å². The van der Waals surface area contributed by atoms with Crippen molar-refractivity contribution in [2.45, 2.75) is 110 Å². The smallest absolute Gasteiger partial charge is 0.306 e. The van der Waals surface area contributed by atoms with Crippen LogP contribution in [-0.4, -0.2) is 5.97 Å². The van der Waals surface area contributed by atoms with E-state index >= 15 is 0 Å². The minimum absolute atomic E-state index is 0.0606. The van der Waals surface area contributed by atoms with Crippen molar-refractivity contribution in [2.75, 3.05) is 0 Å². The van der Waals surface area contributed by atoms with Crippen molar-refractivity contribution in [3.8, 4) is 0 Å². The lowest BCUT2D eigenvalue weighted by Crippen LogP contribution is -2.04. The summed E-state index contributed by atoms with van der Waals surface area (Å²) in [7, 11) is 0. The normalized spacial score (nSPS) is 10.8. The van der Waals surface area contributed by atoms with Crippen LogP contribution in [0.15, 0.2) is 24.3 Å². The van der Waals surface area contributed by atoms with Crippen LogP contribution >= 0.6 is 0 Å². The predicted octanol–water partition coefficient (Wildman–Crippen LogP) is 7.52. The van der Waals surface area contributed by atoms with Crippen LogP contribution in [-0.2, 0) is 16.1 Å². The molecule has 0 aliphatic rings. The third-order valence-electron chi connectivity index (χ3n) is 4.97. The molecule has 0 fully saturated rings. The van der Waals surface area contributed by atoms with E-state index in [0.29, 0.717) is 13.0 Å². The number of carbonyl (C=O) groups excluding carboxylic acids is 1. The van der Waals surface area contributed by atoms with E-state index in [1.807, 2.05) is 12.1 Å². The number of aryl methyl sites for hydroxylation is 1. The van der Waals surface area contributed by atoms with Gasteiger partial charge in [-0.1, -0.05) is 114 Å². The second-order valence-corrected chi connectivity index (χ2v) is 7.64. The number of hydrogen-bond donors (Lipinski definition) is 0. The van der Waals surface area contributed by atoms with Crippen LogP contribution in [0.1, 0.15) is 108 Å². The SMILES string of the molecule is CCCCCCCCCCCCCCCC(=O)OCc1cccc(C)c1. The molecule has 1 aromatic carbocycles. The molecule has 0 amide bonds. The fraction of sp³-hybridized carbons (Fsp3) is 0.708. The molecule has 0 saturated heterocycles. The van der Waals surface area contributed by atoms with E-state index in [2.05, 4.69) is 26.0 Å². The van der Waals surface area contributed by atoms with E-state index < -0.39 is 0 Å². The molecule has 0 aliphatic carbocycles. The van der Waals surface area contributed by atoms with Crippen molar-refractivity contribution in [1.29, 1.82) is 0 Å². The number of hydrogen-bond acceptors (Lipinski definition) is 2. The maximum Gasteiger partial charge on any atom is 0.306 e. The fourth-order valence-corrected chi connectivity index (χ4v) is 3.33. The van der Waals surface area contributed by atoms with Gasteiger partial charge in [0.2, 0.25) is 0 Å². The van der Waals surface area contributed by atoms with Gasteiger partial charge >= 0.3 is 5.97 Å². The quantitative estimate of drug-likeness (QED) is 0.225. The van der Waals surface area contributed by atoms with E-state index in [4.69, 9.17) is 4.74 Å². The summed E-state index contributed by atoms with van der Waals surface area (Å²) >= 11 is 0. The molecule has 2 heteroatoms. The highest BCUT2D eigenvalue weighted by atomic mass is 16.5. The Morgan fingerprint density at radius 3 is 1.88 bits per heavy atom. The van der Waals surface area contributed by atoms with Crippen LogP contribution in [0.5, 0.6) is 0 Å². The number of ether oxygens (including phenoxy) is 1. The summed E-state index contributed by atoms with van der Waals surface area (Å²) in [5.41, 5.74) is 2.28. The molecular weight excluding hydrogens is 320 g/mol. The van der Waals surface area contributed by atoms with Crippen molar-refractivity contribution in [3.63, 3.8) is 0 Å². The molecule has 0 saturated carbocycles. The number of esters is 1. The lowest BCUT2D eigenvalue weighted by molar-refractivity contribution is -0.145. The zero-order chi connectivity index (χ0) is 18.9. The lowest BCUT2D eigenvalue weighted by Gasteiger charge is -2.06. The van der Waals surface area contributed by atoms with Crippen molar-refractivity contribution < 1.29 is 9.53 Å². The Kier molecular flexibility index (Phi) is 13.9. The average molecular weight is 361 g/mol. The number of benzene rings is 1. The first-order valence-electron chi connectivity index (χ1n) is 10.9. The molecule has 148 valence electrons. The van der Waals surface area contributed by atoms with Crippen molar-refractivity contribution in [3.05, 3.63) is 35.4 Å². The molecule has 0 radical (unpaired) electrons. The van der Waals surface area contributed by atoms with Crippen LogP contribution in [0.4, 0.5) is 0 Å². The fourth-order valence-electron chi connectivity index (χ4n) is 3.33. The summed E-state index contributed by atoms with van der Waals surface area (Å²) in [5, 5.41) is 0. The predicted molar refractivity (Wildman–Crippen MR) is 111 cm³/mol. The largest absolute Gasteiger partial charge is 0.461 e. The molecule has 0 aliphatic heterocycles. The average Bonchev–Trinajstić information content (AvgIpc) is 2.64. The van der Waals surface area contributed by atoms with Crippen molar-refractivity contribution in [2.24, 2.45) is 0 Å². The molecule has 1 rings (SSSR count). The first-order chi connectivity index (χ1) is 12.7. The second kappa shape index (κ2) is 15.9. The summed E-state index contributed by atoms with van der Waals surface area (Å²) < 4.78 is 5.35. The van der Waals surface area contributed by atoms with Crippen molar-refractivity contribution in [1.82, 2.24) is 0 Å². The topological polar surface area (TPSA) is 26.3 Å². The maximum atomic E-state index is 11.8. The van der Waals surface area contributed by atoms with Crippen LogP contribution in [0.3, 0.4) is 0 Å². The summed E-state index contributed by atoms with van der Waals surface area (Å²) in [6.45, 7) is 4.73. The highest BCUT2D eigenvalue weighted by Gasteiger charge is 2.03. The van der Waals surface area contributed by atoms with E-state index in [9.17, 15) is 4.79 Å². The molecule has 26 heavy (non-hydrogen) atoms. The summed E-state index contributed by atoms with van der Waals surface area (Å²) in [5.74, 6) is -0.0606. The number of carbonyl (C=O) groups is 1. The zero-order valence-electron chi connectivity index (χ0n) is 17.2. The summed E-state index contributed by atoms with van der Waals surface area (Å²) in [6, 6.07) is 8.13. The van der Waals surface area contributed by atoms with Crippen molar-refractivity contribution >= 4 is 5.97 Å². The van der Waals surface area contributed by atoms with E-state index in [-0.39, 0.29) is 5.97 Å². The molecule has 1 aromatic rings.